The molecule has 2 heterocycles. The highest BCUT2D eigenvalue weighted by Crippen LogP contribution is 2.17. The van der Waals surface area contributed by atoms with E-state index in [0.717, 1.165) is 49.6 Å². The second-order valence-corrected chi connectivity index (χ2v) is 5.58. The molecule has 0 aromatic carbocycles. The van der Waals surface area contributed by atoms with Gasteiger partial charge in [0.25, 0.3) is 0 Å². The fraction of sp³-hybridized carbons (Fsp3) is 0.733. The van der Waals surface area contributed by atoms with Gasteiger partial charge in [-0.05, 0) is 39.7 Å². The first kappa shape index (κ1) is 15.2. The van der Waals surface area contributed by atoms with E-state index in [-0.39, 0.29) is 6.61 Å². The average molecular weight is 278 g/mol. The number of aryl methyl sites for hydroxylation is 1. The summed E-state index contributed by atoms with van der Waals surface area (Å²) < 4.78 is 0. The van der Waals surface area contributed by atoms with E-state index in [1.807, 2.05) is 13.8 Å². The van der Waals surface area contributed by atoms with E-state index >= 15 is 0 Å². The lowest BCUT2D eigenvalue weighted by Crippen LogP contribution is -2.42. The predicted octanol–water partition coefficient (Wildman–Crippen LogP) is 1.74. The molecule has 2 rings (SSSR count). The zero-order valence-corrected chi connectivity index (χ0v) is 12.6. The quantitative estimate of drug-likeness (QED) is 0.776. The van der Waals surface area contributed by atoms with Crippen LogP contribution < -0.4 is 5.32 Å². The Hall–Kier alpha value is -1.20. The third kappa shape index (κ3) is 3.90. The van der Waals surface area contributed by atoms with Crippen molar-refractivity contribution in [3.05, 3.63) is 17.6 Å². The van der Waals surface area contributed by atoms with Gasteiger partial charge in [-0.25, -0.2) is 9.97 Å². The molecule has 20 heavy (non-hydrogen) atoms. The van der Waals surface area contributed by atoms with Crippen LogP contribution in [-0.2, 0) is 0 Å². The zero-order valence-electron chi connectivity index (χ0n) is 12.6. The fourth-order valence-corrected chi connectivity index (χ4v) is 2.77. The van der Waals surface area contributed by atoms with Gasteiger partial charge in [-0.15, -0.1) is 0 Å². The summed E-state index contributed by atoms with van der Waals surface area (Å²) in [6, 6.07) is 0.367. The molecule has 1 fully saturated rings. The molecule has 0 aliphatic carbocycles. The van der Waals surface area contributed by atoms with E-state index in [4.69, 9.17) is 0 Å². The van der Waals surface area contributed by atoms with Crippen LogP contribution in [0.5, 0.6) is 0 Å². The number of hydrogen-bond acceptors (Lipinski definition) is 5. The van der Waals surface area contributed by atoms with Crippen molar-refractivity contribution in [3.8, 4) is 0 Å². The minimum atomic E-state index is 0.289. The molecule has 5 nitrogen and oxygen atoms in total. The maximum Gasteiger partial charge on any atom is 0.132 e. The van der Waals surface area contributed by atoms with Crippen molar-refractivity contribution in [2.45, 2.75) is 45.6 Å². The second-order valence-electron chi connectivity index (χ2n) is 5.58. The predicted molar refractivity (Wildman–Crippen MR) is 80.9 cm³/mol. The molecule has 1 aliphatic rings. The van der Waals surface area contributed by atoms with Gasteiger partial charge in [0.1, 0.15) is 12.1 Å². The fourth-order valence-electron chi connectivity index (χ4n) is 2.77. The van der Waals surface area contributed by atoms with E-state index in [0.29, 0.717) is 6.04 Å². The molecule has 5 heteroatoms. The molecule has 0 saturated carbocycles. The van der Waals surface area contributed by atoms with Gasteiger partial charge in [0.15, 0.2) is 0 Å². The van der Waals surface area contributed by atoms with Crippen LogP contribution >= 0.6 is 0 Å². The minimum Gasteiger partial charge on any atom is -0.395 e. The molecule has 112 valence electrons. The number of nitrogens with zero attached hydrogens (tertiary/aromatic N) is 3. The smallest absolute Gasteiger partial charge is 0.132 e. The molecule has 0 amide bonds. The number of piperidine rings is 1. The highest BCUT2D eigenvalue weighted by Gasteiger charge is 2.20. The Kier molecular flexibility index (Phi) is 5.73. The highest BCUT2D eigenvalue weighted by molar-refractivity contribution is 5.44. The average Bonchev–Trinajstić information content (AvgIpc) is 2.48. The summed E-state index contributed by atoms with van der Waals surface area (Å²) in [6.07, 6.45) is 6.32. The van der Waals surface area contributed by atoms with Crippen molar-refractivity contribution in [3.63, 3.8) is 0 Å². The lowest BCUT2D eigenvalue weighted by molar-refractivity contribution is 0.0901. The lowest BCUT2D eigenvalue weighted by atomic mass is 10.0. The molecule has 2 N–H and O–H groups in total. The summed E-state index contributed by atoms with van der Waals surface area (Å²) in [5.74, 6) is 0.940. The largest absolute Gasteiger partial charge is 0.395 e. The molecular formula is C15H26N4O. The molecule has 1 aromatic rings. The Morgan fingerprint density at radius 2 is 2.20 bits per heavy atom. The van der Waals surface area contributed by atoms with Gasteiger partial charge in [-0.1, -0.05) is 6.42 Å². The zero-order chi connectivity index (χ0) is 14.4. The maximum atomic E-state index is 9.39. The van der Waals surface area contributed by atoms with Crippen molar-refractivity contribution < 1.29 is 5.11 Å². The van der Waals surface area contributed by atoms with Crippen molar-refractivity contribution in [1.82, 2.24) is 14.9 Å². The van der Waals surface area contributed by atoms with Gasteiger partial charge in [0.05, 0.1) is 6.61 Å². The normalized spacial score (nSPS) is 20.1. The standard InChI is InChI=1S/C15H26N4O/c1-12-13(2)17-11-18-15(12)16-7-5-9-19-8-4-3-6-14(19)10-20/h11,14,20H,3-10H2,1-2H3,(H,16,17,18)/t14-/m0/s1. The van der Waals surface area contributed by atoms with Gasteiger partial charge >= 0.3 is 0 Å². The second kappa shape index (κ2) is 7.55. The summed E-state index contributed by atoms with van der Waals surface area (Å²) in [4.78, 5) is 10.9. The number of aromatic nitrogens is 2. The van der Waals surface area contributed by atoms with E-state index in [1.54, 1.807) is 6.33 Å². The lowest BCUT2D eigenvalue weighted by Gasteiger charge is -2.34. The molecule has 1 aliphatic heterocycles. The van der Waals surface area contributed by atoms with Gasteiger partial charge < -0.3 is 10.4 Å². The molecule has 0 bridgehead atoms. The van der Waals surface area contributed by atoms with Gasteiger partial charge in [-0.2, -0.15) is 0 Å². The number of aliphatic hydroxyl groups excluding tert-OH is 1. The third-order valence-corrected chi connectivity index (χ3v) is 4.21. The Balaban J connectivity index is 1.74. The van der Waals surface area contributed by atoms with Crippen molar-refractivity contribution >= 4 is 5.82 Å². The summed E-state index contributed by atoms with van der Waals surface area (Å²) in [6.45, 7) is 7.41. The van der Waals surface area contributed by atoms with E-state index < -0.39 is 0 Å². The summed E-state index contributed by atoms with van der Waals surface area (Å²) in [7, 11) is 0. The van der Waals surface area contributed by atoms with Crippen LogP contribution in [0.4, 0.5) is 5.82 Å². The first-order chi connectivity index (χ1) is 9.72. The Morgan fingerprint density at radius 3 is 3.00 bits per heavy atom. The molecular weight excluding hydrogens is 252 g/mol. The molecule has 1 atom stereocenters. The Labute approximate surface area is 121 Å². The molecule has 1 saturated heterocycles. The first-order valence-electron chi connectivity index (χ1n) is 7.59. The van der Waals surface area contributed by atoms with E-state index in [1.165, 1.54) is 12.8 Å². The van der Waals surface area contributed by atoms with E-state index in [9.17, 15) is 5.11 Å². The summed E-state index contributed by atoms with van der Waals surface area (Å²) in [5.41, 5.74) is 2.15. The number of hydrogen-bond donors (Lipinski definition) is 2. The highest BCUT2D eigenvalue weighted by atomic mass is 16.3. The minimum absolute atomic E-state index is 0.289. The molecule has 0 radical (unpaired) electrons. The number of rotatable bonds is 6. The van der Waals surface area contributed by atoms with Gasteiger partial charge in [0.2, 0.25) is 0 Å². The van der Waals surface area contributed by atoms with Crippen LogP contribution in [0.25, 0.3) is 0 Å². The van der Waals surface area contributed by atoms with Crippen LogP contribution in [0.2, 0.25) is 0 Å². The topological polar surface area (TPSA) is 61.3 Å². The third-order valence-electron chi connectivity index (χ3n) is 4.21. The van der Waals surface area contributed by atoms with Crippen LogP contribution in [0, 0.1) is 13.8 Å². The van der Waals surface area contributed by atoms with Gasteiger partial charge in [-0.3, -0.25) is 4.90 Å². The van der Waals surface area contributed by atoms with Crippen LogP contribution in [0.1, 0.15) is 36.9 Å². The van der Waals surface area contributed by atoms with Crippen LogP contribution in [0.3, 0.4) is 0 Å². The molecule has 0 spiro atoms. The Morgan fingerprint density at radius 1 is 1.35 bits per heavy atom. The number of nitrogens with one attached hydrogen (secondary N) is 1. The maximum absolute atomic E-state index is 9.39. The van der Waals surface area contributed by atoms with Crippen molar-refractivity contribution in [2.24, 2.45) is 0 Å². The summed E-state index contributed by atoms with van der Waals surface area (Å²) >= 11 is 0. The van der Waals surface area contributed by atoms with Crippen molar-refractivity contribution in [2.75, 3.05) is 31.6 Å². The van der Waals surface area contributed by atoms with Crippen LogP contribution in [0.15, 0.2) is 6.33 Å². The Bertz CT molecular complexity index is 424. The summed E-state index contributed by atoms with van der Waals surface area (Å²) in [5, 5.41) is 12.8. The van der Waals surface area contributed by atoms with Crippen molar-refractivity contribution in [1.29, 1.82) is 0 Å². The monoisotopic (exact) mass is 278 g/mol. The number of aliphatic hydroxyl groups is 1. The van der Waals surface area contributed by atoms with Crippen LogP contribution in [-0.4, -0.2) is 52.3 Å². The number of anilines is 1. The van der Waals surface area contributed by atoms with Gasteiger partial charge in [0, 0.05) is 30.4 Å². The van der Waals surface area contributed by atoms with E-state index in [2.05, 4.69) is 20.2 Å². The SMILES string of the molecule is Cc1ncnc(NCCCN2CCCC[C@H]2CO)c1C. The first-order valence-corrected chi connectivity index (χ1v) is 7.59. The molecule has 1 aromatic heterocycles. The molecule has 0 unspecified atom stereocenters. The number of likely N-dealkylation sites (tertiary alicyclic amines) is 1.